The summed E-state index contributed by atoms with van der Waals surface area (Å²) >= 11 is 1.14. The first-order valence-corrected chi connectivity index (χ1v) is 8.41. The van der Waals surface area contributed by atoms with Crippen LogP contribution in [0.4, 0.5) is 5.82 Å². The number of rotatable bonds is 3. The minimum absolute atomic E-state index is 0.352. The normalized spacial score (nSPS) is 11.7. The number of H-pyrrole nitrogens is 1. The molecule has 3 rings (SSSR count). The number of nitrogens with two attached hydrogens (primary N) is 1. The Hall–Kier alpha value is -2.87. The van der Waals surface area contributed by atoms with Crippen molar-refractivity contribution in [2.45, 2.75) is 0 Å². The Bertz CT molecular complexity index is 959. The molecule has 7 nitrogen and oxygen atoms in total. The molecular formula is C17H19N7S. The number of aliphatic imine (C=N–C) groups is 1. The Balaban J connectivity index is 2.04. The van der Waals surface area contributed by atoms with Crippen LogP contribution in [0.25, 0.3) is 22.2 Å². The van der Waals surface area contributed by atoms with Crippen LogP contribution in [0.2, 0.25) is 0 Å². The molecule has 0 fully saturated rings. The SMILES string of the molecule is CN=C(N)SC(=N)c1ccc2[nH]cc(-c3cncc(N(C)C)n3)c2c1. The number of hydrogen-bond donors (Lipinski definition) is 3. The van der Waals surface area contributed by atoms with Crippen LogP contribution in [0, 0.1) is 5.41 Å². The van der Waals surface area contributed by atoms with Crippen molar-refractivity contribution in [2.75, 3.05) is 26.0 Å². The van der Waals surface area contributed by atoms with Gasteiger partial charge in [-0.25, -0.2) is 4.98 Å². The standard InChI is InChI=1S/C17H19N7S/c1-20-17(19)25-16(18)10-4-5-13-11(6-10)12(7-22-13)14-8-21-9-15(23-14)24(2)3/h4-9,18,22H,1-3H3,(H2,19,20). The zero-order valence-corrected chi connectivity index (χ0v) is 15.1. The minimum Gasteiger partial charge on any atom is -0.378 e. The molecule has 2 heterocycles. The quantitative estimate of drug-likeness (QED) is 0.496. The number of aromatic amines is 1. The van der Waals surface area contributed by atoms with Gasteiger partial charge in [-0.15, -0.1) is 0 Å². The van der Waals surface area contributed by atoms with Crippen LogP contribution in [0.15, 0.2) is 41.8 Å². The summed E-state index contributed by atoms with van der Waals surface area (Å²) in [5, 5.41) is 9.92. The maximum absolute atomic E-state index is 8.21. The van der Waals surface area contributed by atoms with Gasteiger partial charge in [0.2, 0.25) is 0 Å². The average molecular weight is 353 g/mol. The highest BCUT2D eigenvalue weighted by atomic mass is 32.2. The molecule has 0 aliphatic carbocycles. The second-order valence-electron chi connectivity index (χ2n) is 5.61. The van der Waals surface area contributed by atoms with Crippen LogP contribution < -0.4 is 10.6 Å². The van der Waals surface area contributed by atoms with E-state index in [0.717, 1.165) is 45.3 Å². The molecule has 0 amide bonds. The average Bonchev–Trinajstić information content (AvgIpc) is 3.04. The van der Waals surface area contributed by atoms with Gasteiger partial charge in [-0.2, -0.15) is 0 Å². The number of anilines is 1. The van der Waals surface area contributed by atoms with Crippen molar-refractivity contribution in [1.29, 1.82) is 5.41 Å². The number of benzene rings is 1. The molecule has 128 valence electrons. The summed E-state index contributed by atoms with van der Waals surface area (Å²) in [7, 11) is 5.47. The molecule has 0 spiro atoms. The first kappa shape index (κ1) is 17.0. The predicted octanol–water partition coefficient (Wildman–Crippen LogP) is 2.69. The third-order valence-electron chi connectivity index (χ3n) is 3.73. The van der Waals surface area contributed by atoms with E-state index < -0.39 is 0 Å². The Kier molecular flexibility index (Phi) is 4.71. The van der Waals surface area contributed by atoms with Crippen molar-refractivity contribution in [3.63, 3.8) is 0 Å². The lowest BCUT2D eigenvalue weighted by molar-refractivity contribution is 1.04. The fourth-order valence-electron chi connectivity index (χ4n) is 2.38. The molecule has 0 saturated carbocycles. The van der Waals surface area contributed by atoms with E-state index in [1.54, 1.807) is 19.4 Å². The van der Waals surface area contributed by atoms with Gasteiger partial charge in [0, 0.05) is 49.4 Å². The summed E-state index contributed by atoms with van der Waals surface area (Å²) in [6, 6.07) is 5.80. The number of nitrogens with zero attached hydrogens (tertiary/aromatic N) is 4. The van der Waals surface area contributed by atoms with Crippen molar-refractivity contribution in [3.05, 3.63) is 42.4 Å². The largest absolute Gasteiger partial charge is 0.378 e. The molecule has 0 saturated heterocycles. The number of fused-ring (bicyclic) bond motifs is 1. The molecule has 0 atom stereocenters. The van der Waals surface area contributed by atoms with E-state index >= 15 is 0 Å². The van der Waals surface area contributed by atoms with Gasteiger partial charge in [0.1, 0.15) is 10.9 Å². The van der Waals surface area contributed by atoms with E-state index in [4.69, 9.17) is 11.1 Å². The van der Waals surface area contributed by atoms with Gasteiger partial charge in [0.25, 0.3) is 0 Å². The van der Waals surface area contributed by atoms with Crippen molar-refractivity contribution in [3.8, 4) is 11.3 Å². The Morgan fingerprint density at radius 3 is 2.84 bits per heavy atom. The predicted molar refractivity (Wildman–Crippen MR) is 106 cm³/mol. The van der Waals surface area contributed by atoms with Crippen molar-refractivity contribution < 1.29 is 0 Å². The Morgan fingerprint density at radius 1 is 1.32 bits per heavy atom. The first-order valence-electron chi connectivity index (χ1n) is 7.59. The number of amidine groups is 1. The summed E-state index contributed by atoms with van der Waals surface area (Å²) in [5.74, 6) is 0.790. The van der Waals surface area contributed by atoms with Gasteiger partial charge in [-0.05, 0) is 23.9 Å². The molecule has 0 bridgehead atoms. The Morgan fingerprint density at radius 2 is 2.12 bits per heavy atom. The van der Waals surface area contributed by atoms with Gasteiger partial charge in [0.05, 0.1) is 18.1 Å². The number of nitrogens with one attached hydrogen (secondary N) is 2. The minimum atomic E-state index is 0.352. The second kappa shape index (κ2) is 6.94. The van der Waals surface area contributed by atoms with Crippen LogP contribution in [0.1, 0.15) is 5.56 Å². The van der Waals surface area contributed by atoms with Crippen LogP contribution >= 0.6 is 11.8 Å². The lowest BCUT2D eigenvalue weighted by Crippen LogP contribution is -2.11. The summed E-state index contributed by atoms with van der Waals surface area (Å²) in [5.41, 5.74) is 9.20. The lowest BCUT2D eigenvalue weighted by atomic mass is 10.1. The van der Waals surface area contributed by atoms with Crippen LogP contribution in [-0.4, -0.2) is 46.3 Å². The molecular weight excluding hydrogens is 334 g/mol. The fourth-order valence-corrected chi connectivity index (χ4v) is 2.93. The highest BCUT2D eigenvalue weighted by molar-refractivity contribution is 8.26. The molecule has 4 N–H and O–H groups in total. The maximum atomic E-state index is 8.21. The second-order valence-corrected chi connectivity index (χ2v) is 6.64. The third-order valence-corrected chi connectivity index (χ3v) is 4.56. The van der Waals surface area contributed by atoms with E-state index in [1.165, 1.54) is 0 Å². The van der Waals surface area contributed by atoms with E-state index in [9.17, 15) is 0 Å². The van der Waals surface area contributed by atoms with Crippen molar-refractivity contribution in [1.82, 2.24) is 15.0 Å². The molecule has 0 aliphatic heterocycles. The molecule has 25 heavy (non-hydrogen) atoms. The molecule has 3 aromatic rings. The highest BCUT2D eigenvalue weighted by Gasteiger charge is 2.12. The Labute approximate surface area is 149 Å². The topological polar surface area (TPSA) is 107 Å². The van der Waals surface area contributed by atoms with Gasteiger partial charge >= 0.3 is 0 Å². The number of thioether (sulfide) groups is 1. The van der Waals surface area contributed by atoms with E-state index in [-0.39, 0.29) is 0 Å². The lowest BCUT2D eigenvalue weighted by Gasteiger charge is -2.11. The number of aromatic nitrogens is 3. The van der Waals surface area contributed by atoms with Crippen LogP contribution in [0.3, 0.4) is 0 Å². The monoisotopic (exact) mass is 353 g/mol. The van der Waals surface area contributed by atoms with Gasteiger partial charge in [-0.1, -0.05) is 6.07 Å². The third kappa shape index (κ3) is 3.48. The van der Waals surface area contributed by atoms with Crippen LogP contribution in [0.5, 0.6) is 0 Å². The zero-order valence-electron chi connectivity index (χ0n) is 14.2. The van der Waals surface area contributed by atoms with E-state index in [2.05, 4.69) is 19.9 Å². The van der Waals surface area contributed by atoms with Crippen molar-refractivity contribution >= 4 is 38.7 Å². The zero-order chi connectivity index (χ0) is 18.0. The van der Waals surface area contributed by atoms with Gasteiger partial charge < -0.3 is 15.6 Å². The molecule has 2 aromatic heterocycles. The van der Waals surface area contributed by atoms with Gasteiger partial charge in [0.15, 0.2) is 5.17 Å². The van der Waals surface area contributed by atoms with Gasteiger partial charge in [-0.3, -0.25) is 15.4 Å². The maximum Gasteiger partial charge on any atom is 0.160 e. The summed E-state index contributed by atoms with van der Waals surface area (Å²) in [6.07, 6.45) is 5.38. The summed E-state index contributed by atoms with van der Waals surface area (Å²) in [4.78, 5) is 18.0. The van der Waals surface area contributed by atoms with Crippen LogP contribution in [-0.2, 0) is 0 Å². The molecule has 0 radical (unpaired) electrons. The summed E-state index contributed by atoms with van der Waals surface area (Å²) in [6.45, 7) is 0. The molecule has 1 aromatic carbocycles. The fraction of sp³-hybridized carbons (Fsp3) is 0.176. The highest BCUT2D eigenvalue weighted by Crippen LogP contribution is 2.29. The summed E-state index contributed by atoms with van der Waals surface area (Å²) < 4.78 is 0. The van der Waals surface area contributed by atoms with E-state index in [0.29, 0.717) is 10.2 Å². The smallest absolute Gasteiger partial charge is 0.160 e. The molecule has 8 heteroatoms. The number of hydrogen-bond acceptors (Lipinski definition) is 6. The first-order chi connectivity index (χ1) is 12.0. The van der Waals surface area contributed by atoms with Crippen molar-refractivity contribution in [2.24, 2.45) is 10.7 Å². The molecule has 0 aliphatic rings. The van der Waals surface area contributed by atoms with E-state index in [1.807, 2.05) is 43.4 Å². The molecule has 0 unspecified atom stereocenters.